The van der Waals surface area contributed by atoms with Crippen LogP contribution in [0.2, 0.25) is 0 Å². The lowest BCUT2D eigenvalue weighted by Crippen LogP contribution is -2.29. The molecule has 20 heavy (non-hydrogen) atoms. The topological polar surface area (TPSA) is 112 Å². The number of ether oxygens (including phenoxy) is 1. The van der Waals surface area contributed by atoms with Gasteiger partial charge in [-0.25, -0.2) is 10.5 Å². The summed E-state index contributed by atoms with van der Waals surface area (Å²) in [5.41, 5.74) is 2.36. The Balaban J connectivity index is 2.33. The molecule has 0 aliphatic heterocycles. The Bertz CT molecular complexity index is 689. The first-order valence-corrected chi connectivity index (χ1v) is 5.77. The van der Waals surface area contributed by atoms with Gasteiger partial charge in [-0.15, -0.1) is 5.10 Å². The molecule has 2 aromatic heterocycles. The van der Waals surface area contributed by atoms with Crippen LogP contribution >= 0.6 is 0 Å². The summed E-state index contributed by atoms with van der Waals surface area (Å²) in [4.78, 5) is 23.1. The van der Waals surface area contributed by atoms with E-state index in [4.69, 9.17) is 15.0 Å². The first-order chi connectivity index (χ1) is 9.55. The molecule has 0 radical (unpaired) electrons. The number of hydrogen-bond donors (Lipinski definition) is 2. The van der Waals surface area contributed by atoms with Crippen LogP contribution in [0.5, 0.6) is 5.88 Å². The van der Waals surface area contributed by atoms with Gasteiger partial charge >= 0.3 is 5.91 Å². The van der Waals surface area contributed by atoms with E-state index < -0.39 is 5.91 Å². The van der Waals surface area contributed by atoms with Crippen molar-refractivity contribution in [2.24, 2.45) is 5.84 Å². The van der Waals surface area contributed by atoms with Crippen molar-refractivity contribution in [3.8, 4) is 5.88 Å². The molecule has 2 rings (SSSR count). The molecule has 1 amide bonds. The van der Waals surface area contributed by atoms with Gasteiger partial charge < -0.3 is 9.15 Å². The second-order valence-corrected chi connectivity index (χ2v) is 4.04. The molecule has 0 fully saturated rings. The zero-order valence-electron chi connectivity index (χ0n) is 11.0. The van der Waals surface area contributed by atoms with E-state index in [1.54, 1.807) is 6.92 Å². The zero-order chi connectivity index (χ0) is 14.7. The fraction of sp³-hybridized carbons (Fsp3) is 0.250. The van der Waals surface area contributed by atoms with E-state index in [9.17, 15) is 9.59 Å². The molecule has 2 aromatic rings. The third-order valence-corrected chi connectivity index (χ3v) is 2.75. The lowest BCUT2D eigenvalue weighted by molar-refractivity contribution is 0.0924. The van der Waals surface area contributed by atoms with Crippen LogP contribution in [0, 0.1) is 6.92 Å². The molecule has 0 aliphatic carbocycles. The number of nitrogens with two attached hydrogens (primary N) is 1. The van der Waals surface area contributed by atoms with Gasteiger partial charge in [0.25, 0.3) is 5.56 Å². The van der Waals surface area contributed by atoms with Crippen molar-refractivity contribution in [1.82, 2.24) is 15.2 Å². The summed E-state index contributed by atoms with van der Waals surface area (Å²) in [6.45, 7) is 1.86. The Hall–Kier alpha value is -2.61. The fourth-order valence-corrected chi connectivity index (χ4v) is 1.67. The molecule has 0 saturated heterocycles. The van der Waals surface area contributed by atoms with Gasteiger partial charge in [0.2, 0.25) is 5.88 Å². The Labute approximate surface area is 114 Å². The van der Waals surface area contributed by atoms with E-state index in [0.29, 0.717) is 17.2 Å². The van der Waals surface area contributed by atoms with E-state index in [2.05, 4.69) is 5.10 Å². The summed E-state index contributed by atoms with van der Waals surface area (Å²) in [6, 6.07) is 4.36. The third-order valence-electron chi connectivity index (χ3n) is 2.75. The van der Waals surface area contributed by atoms with Crippen LogP contribution in [0.15, 0.2) is 27.4 Å². The molecule has 0 unspecified atom stereocenters. The maximum absolute atomic E-state index is 11.7. The largest absolute Gasteiger partial charge is 0.480 e. The van der Waals surface area contributed by atoms with Crippen molar-refractivity contribution in [2.75, 3.05) is 7.11 Å². The van der Waals surface area contributed by atoms with Gasteiger partial charge in [0.05, 0.1) is 13.7 Å². The monoisotopic (exact) mass is 278 g/mol. The minimum absolute atomic E-state index is 0.0796. The highest BCUT2D eigenvalue weighted by Gasteiger charge is 2.14. The first kappa shape index (κ1) is 13.8. The number of aryl methyl sites for hydroxylation is 1. The second kappa shape index (κ2) is 5.57. The zero-order valence-corrected chi connectivity index (χ0v) is 11.0. The van der Waals surface area contributed by atoms with Gasteiger partial charge in [0, 0.05) is 17.7 Å². The fourth-order valence-electron chi connectivity index (χ4n) is 1.67. The van der Waals surface area contributed by atoms with E-state index in [0.717, 1.165) is 0 Å². The summed E-state index contributed by atoms with van der Waals surface area (Å²) in [5, 5.41) is 4.02. The minimum atomic E-state index is -0.537. The number of aromatic nitrogens is 2. The van der Waals surface area contributed by atoms with Gasteiger partial charge in [0.15, 0.2) is 5.76 Å². The molecule has 0 aromatic carbocycles. The van der Waals surface area contributed by atoms with Crippen molar-refractivity contribution in [3.63, 3.8) is 0 Å². The lowest BCUT2D eigenvalue weighted by atomic mass is 10.2. The normalized spacial score (nSPS) is 10.3. The number of hydrogen-bond acceptors (Lipinski definition) is 6. The minimum Gasteiger partial charge on any atom is -0.480 e. The maximum atomic E-state index is 11.7. The first-order valence-electron chi connectivity index (χ1n) is 5.77. The highest BCUT2D eigenvalue weighted by Crippen LogP contribution is 2.15. The lowest BCUT2D eigenvalue weighted by Gasteiger charge is -2.04. The summed E-state index contributed by atoms with van der Waals surface area (Å²) in [6.07, 6.45) is 0. The van der Waals surface area contributed by atoms with Crippen LogP contribution in [0.4, 0.5) is 0 Å². The van der Waals surface area contributed by atoms with Crippen molar-refractivity contribution < 1.29 is 13.9 Å². The van der Waals surface area contributed by atoms with Crippen molar-refractivity contribution in [3.05, 3.63) is 45.6 Å². The van der Waals surface area contributed by atoms with E-state index in [1.807, 2.05) is 5.43 Å². The molecule has 0 atom stereocenters. The number of hydrazine groups is 1. The number of amides is 1. The Morgan fingerprint density at radius 2 is 2.30 bits per heavy atom. The van der Waals surface area contributed by atoms with Crippen LogP contribution in [-0.4, -0.2) is 22.8 Å². The highest BCUT2D eigenvalue weighted by molar-refractivity contribution is 5.91. The summed E-state index contributed by atoms with van der Waals surface area (Å²) in [7, 11) is 1.46. The van der Waals surface area contributed by atoms with E-state index >= 15 is 0 Å². The smallest absolute Gasteiger partial charge is 0.300 e. The number of furan rings is 1. The van der Waals surface area contributed by atoms with Crippen LogP contribution in [0.25, 0.3) is 0 Å². The van der Waals surface area contributed by atoms with E-state index in [-0.39, 0.29) is 17.9 Å². The average Bonchev–Trinajstić information content (AvgIpc) is 2.81. The summed E-state index contributed by atoms with van der Waals surface area (Å²) < 4.78 is 11.5. The number of methoxy groups -OCH3 is 1. The number of nitrogens with one attached hydrogen (secondary N) is 1. The quantitative estimate of drug-likeness (QED) is 0.455. The molecule has 8 nitrogen and oxygen atoms in total. The maximum Gasteiger partial charge on any atom is 0.300 e. The van der Waals surface area contributed by atoms with Gasteiger partial charge in [-0.2, -0.15) is 0 Å². The predicted molar refractivity (Wildman–Crippen MR) is 69.2 cm³/mol. The van der Waals surface area contributed by atoms with Gasteiger partial charge in [-0.1, -0.05) is 0 Å². The van der Waals surface area contributed by atoms with Crippen molar-refractivity contribution in [1.29, 1.82) is 0 Å². The Morgan fingerprint density at radius 3 is 2.95 bits per heavy atom. The SMILES string of the molecule is COc1ccc(=O)n(Cc2cc(C(=O)NN)oc2C)n1. The van der Waals surface area contributed by atoms with Gasteiger partial charge in [-0.05, 0) is 13.0 Å². The van der Waals surface area contributed by atoms with Crippen LogP contribution in [0.1, 0.15) is 21.9 Å². The van der Waals surface area contributed by atoms with Crippen LogP contribution < -0.4 is 21.6 Å². The molecule has 2 heterocycles. The van der Waals surface area contributed by atoms with Crippen LogP contribution in [-0.2, 0) is 6.54 Å². The Morgan fingerprint density at radius 1 is 1.55 bits per heavy atom. The summed E-state index contributed by atoms with van der Waals surface area (Å²) in [5.74, 6) is 5.42. The van der Waals surface area contributed by atoms with Crippen LogP contribution in [0.3, 0.4) is 0 Å². The van der Waals surface area contributed by atoms with Gasteiger partial charge in [0.1, 0.15) is 5.76 Å². The molecule has 0 bridgehead atoms. The predicted octanol–water partition coefficient (Wildman–Crippen LogP) is -0.195. The highest BCUT2D eigenvalue weighted by atomic mass is 16.5. The van der Waals surface area contributed by atoms with Crippen molar-refractivity contribution >= 4 is 5.91 Å². The number of carbonyl (C=O) groups is 1. The molecular weight excluding hydrogens is 264 g/mol. The van der Waals surface area contributed by atoms with Gasteiger partial charge in [-0.3, -0.25) is 15.0 Å². The molecule has 0 aliphatic rings. The number of nitrogen functional groups attached to an aromatic ring is 1. The second-order valence-electron chi connectivity index (χ2n) is 4.04. The molecular formula is C12H14N4O4. The molecule has 106 valence electrons. The number of nitrogens with zero attached hydrogens (tertiary/aromatic N) is 2. The molecule has 0 saturated carbocycles. The Kier molecular flexibility index (Phi) is 3.85. The van der Waals surface area contributed by atoms with Crippen molar-refractivity contribution in [2.45, 2.75) is 13.5 Å². The molecule has 0 spiro atoms. The number of carbonyl (C=O) groups excluding carboxylic acids is 1. The third kappa shape index (κ3) is 2.69. The number of rotatable bonds is 4. The average molecular weight is 278 g/mol. The summed E-state index contributed by atoms with van der Waals surface area (Å²) >= 11 is 0. The molecule has 8 heteroatoms. The standard InChI is InChI=1S/C12H14N4O4/c1-7-8(5-9(20-7)12(18)14-13)6-16-11(17)4-3-10(15-16)19-2/h3-5H,6,13H2,1-2H3,(H,14,18). The van der Waals surface area contributed by atoms with E-state index in [1.165, 1.54) is 30.0 Å². The molecule has 3 N–H and O–H groups in total.